The first-order chi connectivity index (χ1) is 8.69. The van der Waals surface area contributed by atoms with E-state index in [0.29, 0.717) is 5.75 Å². The summed E-state index contributed by atoms with van der Waals surface area (Å²) in [5.74, 6) is 0.422. The molecule has 0 aliphatic carbocycles. The van der Waals surface area contributed by atoms with Crippen molar-refractivity contribution in [3.05, 3.63) is 29.3 Å². The molecule has 0 aliphatic rings. The number of para-hydroxylation sites is 1. The first kappa shape index (κ1) is 15.0. The zero-order valence-electron chi connectivity index (χ0n) is 11.9. The second-order valence-electron chi connectivity index (χ2n) is 4.69. The quantitative estimate of drug-likeness (QED) is 0.696. The van der Waals surface area contributed by atoms with Crippen molar-refractivity contribution in [3.8, 4) is 5.75 Å². The van der Waals surface area contributed by atoms with Gasteiger partial charge in [-0.15, -0.1) is 0 Å². The largest absolute Gasteiger partial charge is 0.507 e. The van der Waals surface area contributed by atoms with Crippen molar-refractivity contribution < 1.29 is 5.11 Å². The predicted octanol–water partition coefficient (Wildman–Crippen LogP) is 2.52. The third-order valence-corrected chi connectivity index (χ3v) is 3.23. The molecule has 2 N–H and O–H groups in total. The molecule has 3 nitrogen and oxygen atoms in total. The Balaban J connectivity index is 2.31. The molecule has 0 spiro atoms. The normalized spacial score (nSPS) is 11.1. The Hall–Kier alpha value is -1.06. The summed E-state index contributed by atoms with van der Waals surface area (Å²) in [5, 5.41) is 13.3. The Labute approximate surface area is 111 Å². The molecule has 0 saturated heterocycles. The topological polar surface area (TPSA) is 35.5 Å². The molecule has 1 aromatic rings. The van der Waals surface area contributed by atoms with Gasteiger partial charge in [0, 0.05) is 25.2 Å². The summed E-state index contributed by atoms with van der Waals surface area (Å²) in [6.45, 7) is 11.4. The lowest BCUT2D eigenvalue weighted by Crippen LogP contribution is -2.32. The van der Waals surface area contributed by atoms with E-state index in [-0.39, 0.29) is 0 Å². The Bertz CT molecular complexity index is 352. The average molecular weight is 250 g/mol. The summed E-state index contributed by atoms with van der Waals surface area (Å²) in [4.78, 5) is 2.43. The van der Waals surface area contributed by atoms with Crippen LogP contribution in [0.15, 0.2) is 18.2 Å². The smallest absolute Gasteiger partial charge is 0.122 e. The van der Waals surface area contributed by atoms with Gasteiger partial charge in [0.2, 0.25) is 0 Å². The third kappa shape index (κ3) is 4.67. The molecule has 0 fully saturated rings. The van der Waals surface area contributed by atoms with Gasteiger partial charge >= 0.3 is 0 Å². The van der Waals surface area contributed by atoms with Crippen LogP contribution in [-0.4, -0.2) is 36.2 Å². The van der Waals surface area contributed by atoms with E-state index >= 15 is 0 Å². The van der Waals surface area contributed by atoms with Crippen molar-refractivity contribution in [3.63, 3.8) is 0 Å². The summed E-state index contributed by atoms with van der Waals surface area (Å²) < 4.78 is 0. The van der Waals surface area contributed by atoms with Gasteiger partial charge in [-0.1, -0.05) is 32.0 Å². The van der Waals surface area contributed by atoms with E-state index in [9.17, 15) is 5.11 Å². The van der Waals surface area contributed by atoms with E-state index in [4.69, 9.17) is 0 Å². The van der Waals surface area contributed by atoms with Crippen LogP contribution >= 0.6 is 0 Å². The van der Waals surface area contributed by atoms with Gasteiger partial charge in [-0.3, -0.25) is 0 Å². The highest BCUT2D eigenvalue weighted by molar-refractivity contribution is 5.39. The number of aryl methyl sites for hydroxylation is 1. The van der Waals surface area contributed by atoms with Crippen LogP contribution in [0, 0.1) is 6.92 Å². The fourth-order valence-electron chi connectivity index (χ4n) is 2.07. The number of hydrogen-bond acceptors (Lipinski definition) is 3. The van der Waals surface area contributed by atoms with Crippen molar-refractivity contribution in [1.82, 2.24) is 10.2 Å². The molecular formula is C15H26N2O. The van der Waals surface area contributed by atoms with Crippen LogP contribution < -0.4 is 5.32 Å². The predicted molar refractivity (Wildman–Crippen MR) is 77.0 cm³/mol. The maximum absolute atomic E-state index is 9.89. The highest BCUT2D eigenvalue weighted by Crippen LogP contribution is 2.20. The molecule has 18 heavy (non-hydrogen) atoms. The molecule has 0 radical (unpaired) electrons. The SMILES string of the molecule is CCCN(CC)CCNCc1cccc(C)c1O. The Morgan fingerprint density at radius 2 is 2.00 bits per heavy atom. The lowest BCUT2D eigenvalue weighted by molar-refractivity contribution is 0.287. The number of rotatable bonds is 8. The second-order valence-corrected chi connectivity index (χ2v) is 4.69. The van der Waals surface area contributed by atoms with Gasteiger partial charge < -0.3 is 15.3 Å². The molecule has 0 saturated carbocycles. The summed E-state index contributed by atoms with van der Waals surface area (Å²) >= 11 is 0. The van der Waals surface area contributed by atoms with E-state index in [2.05, 4.69) is 24.1 Å². The van der Waals surface area contributed by atoms with Gasteiger partial charge in [-0.2, -0.15) is 0 Å². The van der Waals surface area contributed by atoms with E-state index in [1.54, 1.807) is 0 Å². The van der Waals surface area contributed by atoms with Crippen molar-refractivity contribution in [1.29, 1.82) is 0 Å². The van der Waals surface area contributed by atoms with Crippen LogP contribution in [0.1, 0.15) is 31.4 Å². The molecule has 0 amide bonds. The van der Waals surface area contributed by atoms with Crippen molar-refractivity contribution in [2.24, 2.45) is 0 Å². The van der Waals surface area contributed by atoms with Gasteiger partial charge in [-0.05, 0) is 32.0 Å². The van der Waals surface area contributed by atoms with Crippen LogP contribution in [-0.2, 0) is 6.54 Å². The zero-order chi connectivity index (χ0) is 13.4. The van der Waals surface area contributed by atoms with E-state index in [1.807, 2.05) is 25.1 Å². The minimum atomic E-state index is 0.422. The van der Waals surface area contributed by atoms with Crippen LogP contribution in [0.5, 0.6) is 5.75 Å². The number of benzene rings is 1. The number of likely N-dealkylation sites (N-methyl/N-ethyl adjacent to an activating group) is 1. The molecule has 0 bridgehead atoms. The minimum Gasteiger partial charge on any atom is -0.507 e. The first-order valence-corrected chi connectivity index (χ1v) is 6.89. The standard InChI is InChI=1S/C15H26N2O/c1-4-10-17(5-2)11-9-16-12-14-8-6-7-13(3)15(14)18/h6-8,16,18H,4-5,9-12H2,1-3H3. The Kier molecular flexibility index (Phi) is 6.76. The molecule has 3 heteroatoms. The second kappa shape index (κ2) is 8.11. The van der Waals surface area contributed by atoms with Crippen LogP contribution in [0.2, 0.25) is 0 Å². The number of phenolic OH excluding ortho intramolecular Hbond substituents is 1. The molecule has 1 aromatic carbocycles. The van der Waals surface area contributed by atoms with Crippen molar-refractivity contribution >= 4 is 0 Å². The summed E-state index contributed by atoms with van der Waals surface area (Å²) in [6.07, 6.45) is 1.20. The number of aromatic hydroxyl groups is 1. The van der Waals surface area contributed by atoms with Gasteiger partial charge in [-0.25, -0.2) is 0 Å². The maximum atomic E-state index is 9.89. The van der Waals surface area contributed by atoms with Crippen LogP contribution in [0.25, 0.3) is 0 Å². The number of nitrogens with one attached hydrogen (secondary N) is 1. The first-order valence-electron chi connectivity index (χ1n) is 6.89. The molecule has 0 heterocycles. The van der Waals surface area contributed by atoms with Crippen molar-refractivity contribution in [2.45, 2.75) is 33.7 Å². The Morgan fingerprint density at radius 1 is 1.22 bits per heavy atom. The number of nitrogens with zero attached hydrogens (tertiary/aromatic N) is 1. The van der Waals surface area contributed by atoms with Crippen molar-refractivity contribution in [2.75, 3.05) is 26.2 Å². The van der Waals surface area contributed by atoms with Gasteiger partial charge in [0.15, 0.2) is 0 Å². The molecule has 0 aromatic heterocycles. The highest BCUT2D eigenvalue weighted by atomic mass is 16.3. The Morgan fingerprint density at radius 3 is 2.67 bits per heavy atom. The molecular weight excluding hydrogens is 224 g/mol. The summed E-state index contributed by atoms with van der Waals surface area (Å²) in [7, 11) is 0. The van der Waals surface area contributed by atoms with Crippen LogP contribution in [0.3, 0.4) is 0 Å². The van der Waals surface area contributed by atoms with Gasteiger partial charge in [0.05, 0.1) is 0 Å². The summed E-state index contributed by atoms with van der Waals surface area (Å²) in [5.41, 5.74) is 1.92. The fourth-order valence-corrected chi connectivity index (χ4v) is 2.07. The van der Waals surface area contributed by atoms with E-state index < -0.39 is 0 Å². The fraction of sp³-hybridized carbons (Fsp3) is 0.600. The van der Waals surface area contributed by atoms with Gasteiger partial charge in [0.25, 0.3) is 0 Å². The molecule has 102 valence electrons. The van der Waals surface area contributed by atoms with Gasteiger partial charge in [0.1, 0.15) is 5.75 Å². The lowest BCUT2D eigenvalue weighted by atomic mass is 10.1. The minimum absolute atomic E-state index is 0.422. The molecule has 0 aliphatic heterocycles. The molecule has 0 unspecified atom stereocenters. The molecule has 1 rings (SSSR count). The zero-order valence-corrected chi connectivity index (χ0v) is 11.9. The maximum Gasteiger partial charge on any atom is 0.122 e. The highest BCUT2D eigenvalue weighted by Gasteiger charge is 2.03. The van der Waals surface area contributed by atoms with E-state index in [0.717, 1.165) is 43.9 Å². The number of hydrogen-bond donors (Lipinski definition) is 2. The monoisotopic (exact) mass is 250 g/mol. The third-order valence-electron chi connectivity index (χ3n) is 3.23. The summed E-state index contributed by atoms with van der Waals surface area (Å²) in [6, 6.07) is 5.89. The number of phenols is 1. The molecule has 0 atom stereocenters. The lowest BCUT2D eigenvalue weighted by Gasteiger charge is -2.19. The van der Waals surface area contributed by atoms with E-state index in [1.165, 1.54) is 6.42 Å². The van der Waals surface area contributed by atoms with Crippen LogP contribution in [0.4, 0.5) is 0 Å². The average Bonchev–Trinajstić information content (AvgIpc) is 2.38.